The third kappa shape index (κ3) is 2.39. The average Bonchev–Trinajstić information content (AvgIpc) is 3.09. The molecular formula is C29H19Br. The lowest BCUT2D eigenvalue weighted by Gasteiger charge is -2.34. The molecule has 0 bridgehead atoms. The standard InChI is InChI=1S/C29H19Br/c30-24-16-17-26-25-12-6-7-13-27(25)29(28(26)19-24,22-10-2-1-3-11-22)23-15-14-20-8-4-5-9-21(20)18-23/h1-19H. The summed E-state index contributed by atoms with van der Waals surface area (Å²) in [5, 5.41) is 2.54. The van der Waals surface area contributed by atoms with Gasteiger partial charge >= 0.3 is 0 Å². The van der Waals surface area contributed by atoms with Crippen LogP contribution in [-0.4, -0.2) is 0 Å². The lowest BCUT2D eigenvalue weighted by Crippen LogP contribution is -2.28. The van der Waals surface area contributed by atoms with E-state index in [2.05, 4.69) is 131 Å². The lowest BCUT2D eigenvalue weighted by atomic mass is 9.67. The van der Waals surface area contributed by atoms with Gasteiger partial charge in [0.25, 0.3) is 0 Å². The van der Waals surface area contributed by atoms with Crippen LogP contribution in [0.3, 0.4) is 0 Å². The van der Waals surface area contributed by atoms with Gasteiger partial charge in [0, 0.05) is 4.47 Å². The molecule has 0 saturated heterocycles. The Labute approximate surface area is 185 Å². The number of hydrogen-bond donors (Lipinski definition) is 0. The van der Waals surface area contributed by atoms with Crippen molar-refractivity contribution in [1.29, 1.82) is 0 Å². The molecule has 6 rings (SSSR count). The minimum atomic E-state index is -0.346. The summed E-state index contributed by atoms with van der Waals surface area (Å²) in [6.07, 6.45) is 0. The van der Waals surface area contributed by atoms with Crippen molar-refractivity contribution in [1.82, 2.24) is 0 Å². The van der Waals surface area contributed by atoms with Gasteiger partial charge in [-0.05, 0) is 62.4 Å². The number of hydrogen-bond acceptors (Lipinski definition) is 0. The highest BCUT2D eigenvalue weighted by Gasteiger charge is 2.46. The molecule has 1 aliphatic rings. The predicted octanol–water partition coefficient (Wildman–Crippen LogP) is 7.97. The van der Waals surface area contributed by atoms with Gasteiger partial charge < -0.3 is 0 Å². The maximum atomic E-state index is 3.75. The topological polar surface area (TPSA) is 0 Å². The summed E-state index contributed by atoms with van der Waals surface area (Å²) in [6.45, 7) is 0. The first-order valence-electron chi connectivity index (χ1n) is 10.2. The molecule has 0 radical (unpaired) electrons. The highest BCUT2D eigenvalue weighted by Crippen LogP contribution is 2.56. The van der Waals surface area contributed by atoms with Crippen molar-refractivity contribution in [2.75, 3.05) is 0 Å². The SMILES string of the molecule is Brc1ccc2c(c1)C(c1ccccc1)(c1ccc3ccccc3c1)c1ccccc1-2. The molecule has 1 unspecified atom stereocenters. The minimum absolute atomic E-state index is 0.346. The van der Waals surface area contributed by atoms with Gasteiger partial charge in [0.15, 0.2) is 0 Å². The highest BCUT2D eigenvalue weighted by atomic mass is 79.9. The molecule has 0 N–H and O–H groups in total. The number of halogens is 1. The summed E-state index contributed by atoms with van der Waals surface area (Å²) >= 11 is 3.75. The van der Waals surface area contributed by atoms with E-state index in [9.17, 15) is 0 Å². The fraction of sp³-hybridized carbons (Fsp3) is 0.0345. The summed E-state index contributed by atoms with van der Waals surface area (Å²) in [6, 6.07) is 42.0. The molecule has 1 heteroatoms. The van der Waals surface area contributed by atoms with E-state index in [1.807, 2.05) is 0 Å². The van der Waals surface area contributed by atoms with Crippen molar-refractivity contribution in [3.8, 4) is 11.1 Å². The molecule has 1 atom stereocenters. The molecule has 1 aliphatic carbocycles. The zero-order valence-electron chi connectivity index (χ0n) is 16.3. The first-order chi connectivity index (χ1) is 14.8. The molecule has 30 heavy (non-hydrogen) atoms. The van der Waals surface area contributed by atoms with Crippen LogP contribution in [0.25, 0.3) is 21.9 Å². The summed E-state index contributed by atoms with van der Waals surface area (Å²) < 4.78 is 1.11. The first-order valence-corrected chi connectivity index (χ1v) is 11.0. The Hall–Kier alpha value is -3.16. The predicted molar refractivity (Wildman–Crippen MR) is 129 cm³/mol. The monoisotopic (exact) mass is 446 g/mol. The number of fused-ring (bicyclic) bond motifs is 4. The van der Waals surface area contributed by atoms with E-state index in [-0.39, 0.29) is 5.41 Å². The fourth-order valence-corrected chi connectivity index (χ4v) is 5.51. The van der Waals surface area contributed by atoms with Crippen LogP contribution in [0.1, 0.15) is 22.3 Å². The van der Waals surface area contributed by atoms with Crippen LogP contribution in [-0.2, 0) is 5.41 Å². The highest BCUT2D eigenvalue weighted by molar-refractivity contribution is 9.10. The van der Waals surface area contributed by atoms with Crippen LogP contribution < -0.4 is 0 Å². The first kappa shape index (κ1) is 17.7. The zero-order chi connectivity index (χ0) is 20.1. The van der Waals surface area contributed by atoms with E-state index in [0.717, 1.165) is 4.47 Å². The van der Waals surface area contributed by atoms with E-state index in [1.54, 1.807) is 0 Å². The average molecular weight is 447 g/mol. The second-order valence-electron chi connectivity index (χ2n) is 7.91. The van der Waals surface area contributed by atoms with Crippen LogP contribution in [0.4, 0.5) is 0 Å². The Morgan fingerprint density at radius 2 is 1.17 bits per heavy atom. The number of rotatable bonds is 2. The van der Waals surface area contributed by atoms with Crippen LogP contribution >= 0.6 is 15.9 Å². The van der Waals surface area contributed by atoms with Crippen molar-refractivity contribution >= 4 is 26.7 Å². The largest absolute Gasteiger partial charge is 0.0714 e. The van der Waals surface area contributed by atoms with E-state index in [4.69, 9.17) is 0 Å². The van der Waals surface area contributed by atoms with Crippen molar-refractivity contribution in [3.05, 3.63) is 142 Å². The minimum Gasteiger partial charge on any atom is -0.0622 e. The molecule has 0 aromatic heterocycles. The second kappa shape index (κ2) is 6.68. The van der Waals surface area contributed by atoms with Crippen molar-refractivity contribution < 1.29 is 0 Å². The smallest absolute Gasteiger partial charge is 0.0622 e. The van der Waals surface area contributed by atoms with Gasteiger partial charge in [-0.3, -0.25) is 0 Å². The zero-order valence-corrected chi connectivity index (χ0v) is 17.9. The van der Waals surface area contributed by atoms with Gasteiger partial charge in [-0.1, -0.05) is 113 Å². The molecule has 0 spiro atoms. The molecule has 0 heterocycles. The van der Waals surface area contributed by atoms with Crippen LogP contribution in [0, 0.1) is 0 Å². The normalized spacial score (nSPS) is 17.0. The second-order valence-corrected chi connectivity index (χ2v) is 8.83. The van der Waals surface area contributed by atoms with Crippen molar-refractivity contribution in [2.24, 2.45) is 0 Å². The maximum absolute atomic E-state index is 3.75. The van der Waals surface area contributed by atoms with Gasteiger partial charge in [0.05, 0.1) is 5.41 Å². The summed E-state index contributed by atoms with van der Waals surface area (Å²) in [5.41, 5.74) is 7.56. The Morgan fingerprint density at radius 3 is 2.03 bits per heavy atom. The Kier molecular flexibility index (Phi) is 3.94. The molecule has 0 fully saturated rings. The van der Waals surface area contributed by atoms with E-state index >= 15 is 0 Å². The third-order valence-electron chi connectivity index (χ3n) is 6.40. The summed E-state index contributed by atoms with van der Waals surface area (Å²) in [4.78, 5) is 0. The molecule has 142 valence electrons. The molecule has 5 aromatic rings. The molecule has 0 amide bonds. The van der Waals surface area contributed by atoms with Gasteiger partial charge in [-0.2, -0.15) is 0 Å². The van der Waals surface area contributed by atoms with E-state index in [1.165, 1.54) is 44.2 Å². The van der Waals surface area contributed by atoms with Gasteiger partial charge in [-0.15, -0.1) is 0 Å². The molecule has 0 nitrogen and oxygen atoms in total. The molecular weight excluding hydrogens is 428 g/mol. The van der Waals surface area contributed by atoms with Crippen molar-refractivity contribution in [3.63, 3.8) is 0 Å². The van der Waals surface area contributed by atoms with Crippen LogP contribution in [0.5, 0.6) is 0 Å². The number of benzene rings is 5. The van der Waals surface area contributed by atoms with Crippen molar-refractivity contribution in [2.45, 2.75) is 5.41 Å². The van der Waals surface area contributed by atoms with E-state index in [0.29, 0.717) is 0 Å². The lowest BCUT2D eigenvalue weighted by molar-refractivity contribution is 0.769. The Bertz CT molecular complexity index is 1400. The molecule has 5 aromatic carbocycles. The third-order valence-corrected chi connectivity index (χ3v) is 6.89. The quantitative estimate of drug-likeness (QED) is 0.253. The van der Waals surface area contributed by atoms with Gasteiger partial charge in [0.2, 0.25) is 0 Å². The molecule has 0 aliphatic heterocycles. The Morgan fingerprint density at radius 1 is 0.467 bits per heavy atom. The fourth-order valence-electron chi connectivity index (χ4n) is 5.15. The van der Waals surface area contributed by atoms with Crippen LogP contribution in [0.15, 0.2) is 120 Å². The maximum Gasteiger partial charge on any atom is 0.0714 e. The molecule has 0 saturated carbocycles. The van der Waals surface area contributed by atoms with Gasteiger partial charge in [-0.25, -0.2) is 0 Å². The summed E-state index contributed by atoms with van der Waals surface area (Å²) in [7, 11) is 0. The van der Waals surface area contributed by atoms with Gasteiger partial charge in [0.1, 0.15) is 0 Å². The summed E-state index contributed by atoms with van der Waals surface area (Å²) in [5.74, 6) is 0. The van der Waals surface area contributed by atoms with E-state index < -0.39 is 0 Å². The Balaban J connectivity index is 1.80. The van der Waals surface area contributed by atoms with Crippen LogP contribution in [0.2, 0.25) is 0 Å².